The summed E-state index contributed by atoms with van der Waals surface area (Å²) in [6.45, 7) is 2.29. The number of hydrogen-bond donors (Lipinski definition) is 3. The van der Waals surface area contributed by atoms with Gasteiger partial charge in [-0.15, -0.1) is 0 Å². The minimum Gasteiger partial charge on any atom is -0.356 e. The summed E-state index contributed by atoms with van der Waals surface area (Å²) < 4.78 is 0. The van der Waals surface area contributed by atoms with Gasteiger partial charge in [0.1, 0.15) is 0 Å². The van der Waals surface area contributed by atoms with E-state index in [9.17, 15) is 4.79 Å². The highest BCUT2D eigenvalue weighted by Crippen LogP contribution is 2.31. The molecule has 148 valence electrons. The molecular weight excluding hydrogens is 350 g/mol. The fourth-order valence-corrected chi connectivity index (χ4v) is 3.44. The highest BCUT2D eigenvalue weighted by Gasteiger charge is 2.24. The number of para-hydroxylation sites is 1. The van der Waals surface area contributed by atoms with Gasteiger partial charge in [-0.2, -0.15) is 0 Å². The van der Waals surface area contributed by atoms with E-state index in [4.69, 9.17) is 0 Å². The zero-order valence-corrected chi connectivity index (χ0v) is 16.8. The summed E-state index contributed by atoms with van der Waals surface area (Å²) in [5.41, 5.74) is 4.58. The average Bonchev–Trinajstić information content (AvgIpc) is 2.68. The second-order valence-electron chi connectivity index (χ2n) is 7.40. The Morgan fingerprint density at radius 1 is 1.11 bits per heavy atom. The van der Waals surface area contributed by atoms with Crippen molar-refractivity contribution in [2.75, 3.05) is 33.0 Å². The molecule has 3 rings (SSSR count). The number of aliphatic imine (C=N–C) groups is 1. The molecule has 1 aliphatic rings. The maximum atomic E-state index is 12.0. The maximum Gasteiger partial charge on any atom is 0.225 e. The van der Waals surface area contributed by atoms with Gasteiger partial charge in [0.25, 0.3) is 0 Å². The van der Waals surface area contributed by atoms with E-state index in [1.54, 1.807) is 7.05 Å². The molecule has 1 aliphatic heterocycles. The van der Waals surface area contributed by atoms with Gasteiger partial charge in [0.15, 0.2) is 5.96 Å². The first-order valence-electron chi connectivity index (χ1n) is 9.61. The molecule has 1 amide bonds. The number of fused-ring (bicyclic) bond motifs is 1. The molecule has 0 bridgehead atoms. The van der Waals surface area contributed by atoms with Crippen LogP contribution in [0.1, 0.15) is 29.0 Å². The molecule has 0 saturated heterocycles. The largest absolute Gasteiger partial charge is 0.356 e. The van der Waals surface area contributed by atoms with Gasteiger partial charge in [0.2, 0.25) is 5.91 Å². The molecule has 1 unspecified atom stereocenters. The zero-order valence-electron chi connectivity index (χ0n) is 16.8. The number of rotatable bonds is 6. The first-order chi connectivity index (χ1) is 13.5. The molecule has 0 aromatic heterocycles. The Balaban J connectivity index is 1.53. The highest BCUT2D eigenvalue weighted by atomic mass is 16.1. The number of nitrogens with zero attached hydrogens (tertiary/aromatic N) is 2. The molecular formula is C22H29N5O. The normalized spacial score (nSPS) is 16.5. The van der Waals surface area contributed by atoms with Crippen molar-refractivity contribution >= 4 is 17.6 Å². The number of nitrogens with one attached hydrogen (secondary N) is 3. The minimum absolute atomic E-state index is 0.0614. The SMILES string of the molecule is CN=C(NCc1ccc(CN(C)C)cc1)NCC1CC(=O)Nc2ccccc21. The number of anilines is 1. The molecule has 0 fully saturated rings. The van der Waals surface area contributed by atoms with Gasteiger partial charge in [-0.1, -0.05) is 42.5 Å². The highest BCUT2D eigenvalue weighted by molar-refractivity contribution is 5.94. The lowest BCUT2D eigenvalue weighted by Crippen LogP contribution is -2.40. The molecule has 2 aromatic rings. The second-order valence-corrected chi connectivity index (χ2v) is 7.40. The zero-order chi connectivity index (χ0) is 19.9. The van der Waals surface area contributed by atoms with Gasteiger partial charge >= 0.3 is 0 Å². The molecule has 2 aromatic carbocycles. The summed E-state index contributed by atoms with van der Waals surface area (Å²) in [4.78, 5) is 18.4. The Morgan fingerprint density at radius 2 is 1.82 bits per heavy atom. The number of carbonyl (C=O) groups is 1. The average molecular weight is 380 g/mol. The van der Waals surface area contributed by atoms with Crippen molar-refractivity contribution in [1.82, 2.24) is 15.5 Å². The van der Waals surface area contributed by atoms with Gasteiger partial charge in [0.05, 0.1) is 0 Å². The summed E-state index contributed by atoms with van der Waals surface area (Å²) in [6.07, 6.45) is 0.481. The van der Waals surface area contributed by atoms with E-state index in [1.165, 1.54) is 16.7 Å². The van der Waals surface area contributed by atoms with Crippen LogP contribution < -0.4 is 16.0 Å². The predicted octanol–water partition coefficient (Wildman–Crippen LogP) is 2.54. The Bertz CT molecular complexity index is 829. The van der Waals surface area contributed by atoms with Crippen LogP contribution in [0.5, 0.6) is 0 Å². The third-order valence-electron chi connectivity index (χ3n) is 4.83. The van der Waals surface area contributed by atoms with Crippen LogP contribution in [0.2, 0.25) is 0 Å². The fourth-order valence-electron chi connectivity index (χ4n) is 3.44. The summed E-state index contributed by atoms with van der Waals surface area (Å²) in [5, 5.41) is 9.65. The number of guanidine groups is 1. The Morgan fingerprint density at radius 3 is 2.54 bits per heavy atom. The van der Waals surface area contributed by atoms with Crippen molar-refractivity contribution in [2.45, 2.75) is 25.4 Å². The summed E-state index contributed by atoms with van der Waals surface area (Å²) in [5.74, 6) is 0.931. The van der Waals surface area contributed by atoms with Gasteiger partial charge in [-0.25, -0.2) is 0 Å². The predicted molar refractivity (Wildman–Crippen MR) is 114 cm³/mol. The lowest BCUT2D eigenvalue weighted by atomic mass is 9.90. The fraction of sp³-hybridized carbons (Fsp3) is 0.364. The smallest absolute Gasteiger partial charge is 0.225 e. The lowest BCUT2D eigenvalue weighted by molar-refractivity contribution is -0.116. The Labute approximate surface area is 167 Å². The van der Waals surface area contributed by atoms with Crippen molar-refractivity contribution in [1.29, 1.82) is 0 Å². The molecule has 28 heavy (non-hydrogen) atoms. The van der Waals surface area contributed by atoms with E-state index in [-0.39, 0.29) is 11.8 Å². The third-order valence-corrected chi connectivity index (χ3v) is 4.83. The molecule has 0 saturated carbocycles. The van der Waals surface area contributed by atoms with E-state index in [0.29, 0.717) is 19.5 Å². The number of amides is 1. The number of carbonyl (C=O) groups excluding carboxylic acids is 1. The van der Waals surface area contributed by atoms with Crippen LogP contribution in [0.25, 0.3) is 0 Å². The summed E-state index contributed by atoms with van der Waals surface area (Å²) >= 11 is 0. The van der Waals surface area contributed by atoms with Crippen molar-refractivity contribution in [3.8, 4) is 0 Å². The summed E-state index contributed by atoms with van der Waals surface area (Å²) in [6, 6.07) is 16.6. The van der Waals surface area contributed by atoms with Crippen molar-refractivity contribution in [2.24, 2.45) is 4.99 Å². The molecule has 1 atom stereocenters. The number of benzene rings is 2. The van der Waals surface area contributed by atoms with Crippen LogP contribution in [0.4, 0.5) is 5.69 Å². The Kier molecular flexibility index (Phi) is 6.66. The van der Waals surface area contributed by atoms with Gasteiger partial charge in [-0.05, 0) is 36.9 Å². The molecule has 0 radical (unpaired) electrons. The van der Waals surface area contributed by atoms with Gasteiger partial charge in [-0.3, -0.25) is 9.79 Å². The van der Waals surface area contributed by atoms with Crippen molar-refractivity contribution in [3.05, 3.63) is 65.2 Å². The van der Waals surface area contributed by atoms with E-state index < -0.39 is 0 Å². The quantitative estimate of drug-likeness (QED) is 0.533. The van der Waals surface area contributed by atoms with Crippen LogP contribution in [0.15, 0.2) is 53.5 Å². The van der Waals surface area contributed by atoms with Crippen LogP contribution in [-0.2, 0) is 17.9 Å². The van der Waals surface area contributed by atoms with Crippen molar-refractivity contribution < 1.29 is 4.79 Å². The van der Waals surface area contributed by atoms with E-state index in [1.807, 2.05) is 18.2 Å². The molecule has 6 heteroatoms. The third kappa shape index (κ3) is 5.33. The Hall–Kier alpha value is -2.86. The van der Waals surface area contributed by atoms with E-state index in [2.05, 4.69) is 70.3 Å². The molecule has 3 N–H and O–H groups in total. The first-order valence-corrected chi connectivity index (χ1v) is 9.61. The lowest BCUT2D eigenvalue weighted by Gasteiger charge is -2.26. The van der Waals surface area contributed by atoms with Crippen molar-refractivity contribution in [3.63, 3.8) is 0 Å². The standard InChI is InChI=1S/C22H29N5O/c1-23-22(24-13-16-8-10-17(11-9-16)15-27(2)3)25-14-18-12-21(28)26-20-7-5-4-6-19(18)20/h4-11,18H,12-15H2,1-3H3,(H,26,28)(H2,23,24,25). The van der Waals surface area contributed by atoms with E-state index >= 15 is 0 Å². The molecule has 6 nitrogen and oxygen atoms in total. The van der Waals surface area contributed by atoms with Gasteiger partial charge < -0.3 is 20.9 Å². The van der Waals surface area contributed by atoms with Crippen LogP contribution in [-0.4, -0.2) is 44.5 Å². The number of hydrogen-bond acceptors (Lipinski definition) is 3. The molecule has 0 aliphatic carbocycles. The van der Waals surface area contributed by atoms with Gasteiger partial charge in [0, 0.05) is 44.7 Å². The minimum atomic E-state index is 0.0614. The van der Waals surface area contributed by atoms with Crippen LogP contribution in [0, 0.1) is 0 Å². The maximum absolute atomic E-state index is 12.0. The summed E-state index contributed by atoms with van der Waals surface area (Å²) in [7, 11) is 5.90. The monoisotopic (exact) mass is 379 g/mol. The molecule has 0 spiro atoms. The van der Waals surface area contributed by atoms with Crippen LogP contribution in [0.3, 0.4) is 0 Å². The van der Waals surface area contributed by atoms with E-state index in [0.717, 1.165) is 18.2 Å². The second kappa shape index (κ2) is 9.37. The van der Waals surface area contributed by atoms with Crippen LogP contribution >= 0.6 is 0 Å². The first kappa shape index (κ1) is 19.9. The topological polar surface area (TPSA) is 68.8 Å². The molecule has 1 heterocycles.